The summed E-state index contributed by atoms with van der Waals surface area (Å²) < 4.78 is 0. The highest BCUT2D eigenvalue weighted by Gasteiger charge is 2.30. The Balaban J connectivity index is 1.51. The molecule has 0 saturated heterocycles. The minimum Gasteiger partial charge on any atom is -0.343 e. The van der Waals surface area contributed by atoms with Gasteiger partial charge in [0.1, 0.15) is 11.0 Å². The molecule has 3 aromatic carbocycles. The first-order valence-electron chi connectivity index (χ1n) is 11.5. The molecular weight excluding hydrogens is 456 g/mol. The third-order valence-corrected chi connectivity index (χ3v) is 6.62. The fraction of sp³-hybridized carbons (Fsp3) is 0.214. The summed E-state index contributed by atoms with van der Waals surface area (Å²) in [7, 11) is 0. The Morgan fingerprint density at radius 3 is 1.89 bits per heavy atom. The SMILES string of the molecule is Cc1ccc(-c2nnc(NC(=O)C(NC(=O)C(c3ccccc3)c3ccccc3)C(C)C)s2)cc1. The van der Waals surface area contributed by atoms with Crippen molar-refractivity contribution in [1.82, 2.24) is 15.5 Å². The molecule has 0 aliphatic rings. The van der Waals surface area contributed by atoms with Crippen LogP contribution in [0.4, 0.5) is 5.13 Å². The van der Waals surface area contributed by atoms with Crippen LogP contribution < -0.4 is 10.6 Å². The van der Waals surface area contributed by atoms with Crippen LogP contribution in [0.2, 0.25) is 0 Å². The molecule has 0 aliphatic carbocycles. The van der Waals surface area contributed by atoms with Crippen LogP contribution in [0.5, 0.6) is 0 Å². The van der Waals surface area contributed by atoms with Crippen LogP contribution in [0.15, 0.2) is 84.9 Å². The third-order valence-electron chi connectivity index (χ3n) is 5.73. The number of benzene rings is 3. The van der Waals surface area contributed by atoms with Gasteiger partial charge in [0.05, 0.1) is 5.92 Å². The summed E-state index contributed by atoms with van der Waals surface area (Å²) in [4.78, 5) is 26.7. The lowest BCUT2D eigenvalue weighted by molar-refractivity contribution is -0.127. The number of anilines is 1. The summed E-state index contributed by atoms with van der Waals surface area (Å²) in [5.74, 6) is -1.20. The van der Waals surface area contributed by atoms with Gasteiger partial charge in [0.2, 0.25) is 16.9 Å². The van der Waals surface area contributed by atoms with Crippen LogP contribution >= 0.6 is 11.3 Å². The first-order valence-corrected chi connectivity index (χ1v) is 12.4. The Kier molecular flexibility index (Phi) is 7.67. The molecule has 6 nitrogen and oxygen atoms in total. The van der Waals surface area contributed by atoms with E-state index in [1.165, 1.54) is 11.3 Å². The minimum atomic E-state index is -0.732. The van der Waals surface area contributed by atoms with Crippen molar-refractivity contribution < 1.29 is 9.59 Å². The lowest BCUT2D eigenvalue weighted by Gasteiger charge is -2.25. The van der Waals surface area contributed by atoms with Crippen molar-refractivity contribution in [2.24, 2.45) is 5.92 Å². The summed E-state index contributed by atoms with van der Waals surface area (Å²) >= 11 is 1.30. The lowest BCUT2D eigenvalue weighted by Crippen LogP contribution is -2.48. The zero-order valence-electron chi connectivity index (χ0n) is 19.9. The zero-order valence-corrected chi connectivity index (χ0v) is 20.8. The second kappa shape index (κ2) is 11.1. The number of nitrogens with one attached hydrogen (secondary N) is 2. The van der Waals surface area contributed by atoms with E-state index >= 15 is 0 Å². The van der Waals surface area contributed by atoms with Gasteiger partial charge in [-0.2, -0.15) is 0 Å². The fourth-order valence-electron chi connectivity index (χ4n) is 3.83. The highest BCUT2D eigenvalue weighted by atomic mass is 32.1. The normalized spacial score (nSPS) is 11.9. The highest BCUT2D eigenvalue weighted by molar-refractivity contribution is 7.18. The summed E-state index contributed by atoms with van der Waals surface area (Å²) in [6.07, 6.45) is 0. The number of aromatic nitrogens is 2. The van der Waals surface area contributed by atoms with Gasteiger partial charge in [0.25, 0.3) is 0 Å². The van der Waals surface area contributed by atoms with Crippen LogP contribution in [0.25, 0.3) is 10.6 Å². The first-order chi connectivity index (χ1) is 16.9. The van der Waals surface area contributed by atoms with E-state index in [0.29, 0.717) is 5.13 Å². The number of rotatable bonds is 8. The van der Waals surface area contributed by atoms with E-state index < -0.39 is 12.0 Å². The van der Waals surface area contributed by atoms with E-state index in [4.69, 9.17) is 0 Å². The van der Waals surface area contributed by atoms with E-state index in [2.05, 4.69) is 20.8 Å². The van der Waals surface area contributed by atoms with Gasteiger partial charge in [-0.25, -0.2) is 0 Å². The molecule has 178 valence electrons. The van der Waals surface area contributed by atoms with Crippen molar-refractivity contribution in [3.05, 3.63) is 102 Å². The summed E-state index contributed by atoms with van der Waals surface area (Å²) in [6, 6.07) is 26.4. The Bertz CT molecular complexity index is 1230. The molecule has 1 atom stereocenters. The molecule has 1 unspecified atom stereocenters. The quantitative estimate of drug-likeness (QED) is 0.350. The molecule has 7 heteroatoms. The predicted octanol–water partition coefficient (Wildman–Crippen LogP) is 5.42. The van der Waals surface area contributed by atoms with E-state index in [0.717, 1.165) is 27.3 Å². The van der Waals surface area contributed by atoms with Crippen molar-refractivity contribution in [3.8, 4) is 10.6 Å². The van der Waals surface area contributed by atoms with Crippen LogP contribution in [0.1, 0.15) is 36.5 Å². The number of amides is 2. The molecule has 2 N–H and O–H groups in total. The molecule has 0 radical (unpaired) electrons. The summed E-state index contributed by atoms with van der Waals surface area (Å²) in [6.45, 7) is 5.83. The molecule has 0 aliphatic heterocycles. The minimum absolute atomic E-state index is 0.129. The number of aryl methyl sites for hydroxylation is 1. The Morgan fingerprint density at radius 1 is 0.771 bits per heavy atom. The fourth-order valence-corrected chi connectivity index (χ4v) is 4.58. The Labute approximate surface area is 209 Å². The van der Waals surface area contributed by atoms with Gasteiger partial charge in [-0.15, -0.1) is 10.2 Å². The molecular formula is C28H28N4O2S. The molecule has 0 bridgehead atoms. The topological polar surface area (TPSA) is 84.0 Å². The number of nitrogens with zero attached hydrogens (tertiary/aromatic N) is 2. The van der Waals surface area contributed by atoms with E-state index in [1.54, 1.807) is 0 Å². The molecule has 1 heterocycles. The standard InChI is InChI=1S/C28H28N4O2S/c1-18(2)24(26(34)30-28-32-31-27(35-28)22-16-14-19(3)15-17-22)29-25(33)23(20-10-6-4-7-11-20)21-12-8-5-9-13-21/h4-18,23-24H,1-3H3,(H,29,33)(H,30,32,34). The van der Waals surface area contributed by atoms with E-state index in [-0.39, 0.29) is 17.7 Å². The molecule has 4 rings (SSSR count). The van der Waals surface area contributed by atoms with Gasteiger partial charge in [0.15, 0.2) is 0 Å². The van der Waals surface area contributed by atoms with Crippen molar-refractivity contribution >= 4 is 28.3 Å². The predicted molar refractivity (Wildman–Crippen MR) is 140 cm³/mol. The van der Waals surface area contributed by atoms with Gasteiger partial charge in [0, 0.05) is 5.56 Å². The third kappa shape index (κ3) is 6.00. The molecule has 0 fully saturated rings. The largest absolute Gasteiger partial charge is 0.343 e. The molecule has 0 spiro atoms. The number of carbonyl (C=O) groups is 2. The number of hydrogen-bond acceptors (Lipinski definition) is 5. The van der Waals surface area contributed by atoms with Crippen LogP contribution in [0.3, 0.4) is 0 Å². The van der Waals surface area contributed by atoms with Crippen molar-refractivity contribution in [2.45, 2.75) is 32.7 Å². The van der Waals surface area contributed by atoms with E-state index in [1.807, 2.05) is 106 Å². The molecule has 0 saturated carbocycles. The molecule has 1 aromatic heterocycles. The maximum absolute atomic E-state index is 13.5. The monoisotopic (exact) mass is 484 g/mol. The Morgan fingerprint density at radius 2 is 1.34 bits per heavy atom. The number of carbonyl (C=O) groups excluding carboxylic acids is 2. The summed E-state index contributed by atoms with van der Waals surface area (Å²) in [5, 5.41) is 15.3. The average Bonchev–Trinajstić information content (AvgIpc) is 3.32. The lowest BCUT2D eigenvalue weighted by atomic mass is 9.89. The average molecular weight is 485 g/mol. The zero-order chi connectivity index (χ0) is 24.8. The maximum atomic E-state index is 13.5. The molecule has 35 heavy (non-hydrogen) atoms. The second-order valence-electron chi connectivity index (χ2n) is 8.75. The van der Waals surface area contributed by atoms with Gasteiger partial charge in [-0.3, -0.25) is 14.9 Å². The van der Waals surface area contributed by atoms with Crippen molar-refractivity contribution in [2.75, 3.05) is 5.32 Å². The van der Waals surface area contributed by atoms with Crippen molar-refractivity contribution in [1.29, 1.82) is 0 Å². The van der Waals surface area contributed by atoms with Gasteiger partial charge in [-0.1, -0.05) is 116 Å². The van der Waals surface area contributed by atoms with Crippen LogP contribution in [-0.2, 0) is 9.59 Å². The van der Waals surface area contributed by atoms with Gasteiger partial charge in [-0.05, 0) is 24.0 Å². The first kappa shape index (κ1) is 24.3. The van der Waals surface area contributed by atoms with Crippen LogP contribution in [-0.4, -0.2) is 28.1 Å². The van der Waals surface area contributed by atoms with E-state index in [9.17, 15) is 9.59 Å². The van der Waals surface area contributed by atoms with Gasteiger partial charge >= 0.3 is 0 Å². The second-order valence-corrected chi connectivity index (χ2v) is 9.73. The number of hydrogen-bond donors (Lipinski definition) is 2. The smallest absolute Gasteiger partial charge is 0.249 e. The molecule has 4 aromatic rings. The highest BCUT2D eigenvalue weighted by Crippen LogP contribution is 2.28. The maximum Gasteiger partial charge on any atom is 0.249 e. The van der Waals surface area contributed by atoms with Crippen LogP contribution in [0, 0.1) is 12.8 Å². The molecule has 2 amide bonds. The summed E-state index contributed by atoms with van der Waals surface area (Å²) in [5.41, 5.74) is 3.83. The van der Waals surface area contributed by atoms with Gasteiger partial charge < -0.3 is 5.32 Å². The van der Waals surface area contributed by atoms with Crippen molar-refractivity contribution in [3.63, 3.8) is 0 Å². The Hall–Kier alpha value is -3.84.